The fraction of sp³-hybridized carbons (Fsp3) is 0.636. The summed E-state index contributed by atoms with van der Waals surface area (Å²) in [6, 6.07) is -5.18. The van der Waals surface area contributed by atoms with Crippen LogP contribution in [0.3, 0.4) is 0 Å². The zero-order chi connectivity index (χ0) is 31.3. The van der Waals surface area contributed by atoms with Crippen LogP contribution in [-0.4, -0.2) is 100 Å². The molecule has 6 amide bonds. The first-order valence-corrected chi connectivity index (χ1v) is 14.7. The van der Waals surface area contributed by atoms with E-state index in [2.05, 4.69) is 31.6 Å². The molecule has 0 saturated carbocycles. The lowest BCUT2D eigenvalue weighted by Gasteiger charge is -2.34. The van der Waals surface area contributed by atoms with Gasteiger partial charge in [-0.2, -0.15) is 0 Å². The Hall–Kier alpha value is -3.74. The standard InChI is InChI=1S/C22H37N9O8S2/c1-10(32)28-16-20(39)30-11(5-4-6-26-21(24)25)18(37)27-8-14(33)29-12(7-15(34)35)19(38)31-13(17(23)36)9-40-41-22(16,2)3/h11-13,16H,4-9H2,1-3H3,(H2,23,36)(H,27,37)(H,28,32)(H,29,33)(H,30,39)(H,31,38)(H,34,35)(H4,24,25,26)/t11-,12-,13-,16-/m0/s1. The Balaban J connectivity index is 3.39. The molecule has 17 nitrogen and oxygen atoms in total. The number of nitrogens with zero attached hydrogens (tertiary/aromatic N) is 1. The summed E-state index contributed by atoms with van der Waals surface area (Å²) in [6.07, 6.45) is -0.500. The number of aliphatic carboxylic acids is 1. The average Bonchev–Trinajstić information content (AvgIpc) is 2.85. The zero-order valence-electron chi connectivity index (χ0n) is 22.9. The van der Waals surface area contributed by atoms with Crippen LogP contribution in [0.5, 0.6) is 0 Å². The largest absolute Gasteiger partial charge is 0.481 e. The molecule has 12 N–H and O–H groups in total. The highest BCUT2D eigenvalue weighted by molar-refractivity contribution is 8.77. The molecule has 1 rings (SSSR count). The number of guanidine groups is 1. The number of carbonyl (C=O) groups is 7. The van der Waals surface area contributed by atoms with E-state index in [4.69, 9.17) is 17.2 Å². The Morgan fingerprint density at radius 3 is 2.24 bits per heavy atom. The van der Waals surface area contributed by atoms with Crippen molar-refractivity contribution in [2.45, 2.75) is 68.9 Å². The second-order valence-electron chi connectivity index (χ2n) is 9.51. The molecule has 1 aliphatic rings. The fourth-order valence-corrected chi connectivity index (χ4v) is 6.30. The van der Waals surface area contributed by atoms with Crippen LogP contribution in [0, 0.1) is 0 Å². The summed E-state index contributed by atoms with van der Waals surface area (Å²) in [5.41, 5.74) is 16.1. The summed E-state index contributed by atoms with van der Waals surface area (Å²) in [6.45, 7) is 3.98. The maximum atomic E-state index is 13.4. The molecule has 4 atom stereocenters. The highest BCUT2D eigenvalue weighted by Crippen LogP contribution is 2.38. The highest BCUT2D eigenvalue weighted by Gasteiger charge is 2.39. The third-order valence-corrected chi connectivity index (χ3v) is 8.81. The number of carbonyl (C=O) groups excluding carboxylic acids is 6. The Kier molecular flexibility index (Phi) is 14.2. The lowest BCUT2D eigenvalue weighted by Crippen LogP contribution is -2.59. The van der Waals surface area contributed by atoms with Crippen LogP contribution in [-0.2, 0) is 33.6 Å². The fourth-order valence-electron chi connectivity index (χ4n) is 3.47. The van der Waals surface area contributed by atoms with E-state index in [-0.39, 0.29) is 31.1 Å². The zero-order valence-corrected chi connectivity index (χ0v) is 24.5. The molecule has 0 aromatic heterocycles. The second-order valence-corrected chi connectivity index (χ2v) is 12.5. The van der Waals surface area contributed by atoms with E-state index in [1.54, 1.807) is 13.8 Å². The van der Waals surface area contributed by atoms with E-state index < -0.39 is 83.3 Å². The summed E-state index contributed by atoms with van der Waals surface area (Å²) < 4.78 is -1.02. The molecule has 1 fully saturated rings. The van der Waals surface area contributed by atoms with E-state index in [1.807, 2.05) is 0 Å². The first-order valence-electron chi connectivity index (χ1n) is 12.4. The van der Waals surface area contributed by atoms with Crippen LogP contribution >= 0.6 is 21.6 Å². The number of nitrogens with one attached hydrogen (secondary N) is 5. The van der Waals surface area contributed by atoms with Crippen LogP contribution in [0.2, 0.25) is 0 Å². The molecule has 0 aromatic rings. The van der Waals surface area contributed by atoms with E-state index >= 15 is 0 Å². The summed E-state index contributed by atoms with van der Waals surface area (Å²) in [5.74, 6) is -6.46. The van der Waals surface area contributed by atoms with Crippen molar-refractivity contribution in [3.63, 3.8) is 0 Å². The minimum absolute atomic E-state index is 0.0510. The Morgan fingerprint density at radius 1 is 1.02 bits per heavy atom. The Bertz CT molecular complexity index is 1050. The van der Waals surface area contributed by atoms with Crippen molar-refractivity contribution in [2.24, 2.45) is 22.2 Å². The van der Waals surface area contributed by atoms with Crippen LogP contribution < -0.4 is 43.8 Å². The van der Waals surface area contributed by atoms with Gasteiger partial charge in [-0.25, -0.2) is 0 Å². The lowest BCUT2D eigenvalue weighted by atomic mass is 10.0. The van der Waals surface area contributed by atoms with Crippen molar-refractivity contribution in [1.82, 2.24) is 26.6 Å². The number of rotatable bonds is 8. The second kappa shape index (κ2) is 16.5. The molecule has 0 spiro atoms. The number of carboxylic acid groups (broad SMARTS) is 1. The predicted octanol–water partition coefficient (Wildman–Crippen LogP) is -3.75. The summed E-state index contributed by atoms with van der Waals surface area (Å²) in [4.78, 5) is 90.8. The summed E-state index contributed by atoms with van der Waals surface area (Å²) in [5, 5.41) is 21.2. The van der Waals surface area contributed by atoms with Gasteiger partial charge in [0.2, 0.25) is 35.4 Å². The molecule has 230 valence electrons. The SMILES string of the molecule is CC(=O)N[C@H]1C(=O)N[C@@H](CCCN=C(N)N)C(=O)NCC(=O)N[C@@H](CC(=O)O)C(=O)N[C@H](C(N)=O)CSSC1(C)C. The van der Waals surface area contributed by atoms with Gasteiger partial charge >= 0.3 is 5.97 Å². The van der Waals surface area contributed by atoms with Gasteiger partial charge in [0.1, 0.15) is 24.2 Å². The van der Waals surface area contributed by atoms with Crippen LogP contribution in [0.15, 0.2) is 4.99 Å². The Morgan fingerprint density at radius 2 is 1.68 bits per heavy atom. The number of carboxylic acids is 1. The Labute approximate surface area is 244 Å². The summed E-state index contributed by atoms with van der Waals surface area (Å²) in [7, 11) is 2.16. The molecule has 19 heteroatoms. The topological polar surface area (TPSA) is 290 Å². The maximum absolute atomic E-state index is 13.4. The number of nitrogens with two attached hydrogens (primary N) is 3. The molecule has 0 bridgehead atoms. The van der Waals surface area contributed by atoms with Crippen molar-refractivity contribution in [2.75, 3.05) is 18.8 Å². The minimum Gasteiger partial charge on any atom is -0.481 e. The first-order chi connectivity index (χ1) is 19.0. The average molecular weight is 620 g/mol. The van der Waals surface area contributed by atoms with Crippen LogP contribution in [0.25, 0.3) is 0 Å². The monoisotopic (exact) mass is 619 g/mol. The van der Waals surface area contributed by atoms with Crippen molar-refractivity contribution >= 4 is 69.0 Å². The first kappa shape index (κ1) is 35.3. The molecule has 1 heterocycles. The van der Waals surface area contributed by atoms with Crippen molar-refractivity contribution in [1.29, 1.82) is 0 Å². The number of hydrogen-bond donors (Lipinski definition) is 9. The van der Waals surface area contributed by atoms with E-state index in [9.17, 15) is 38.7 Å². The van der Waals surface area contributed by atoms with Gasteiger partial charge in [-0.05, 0) is 26.7 Å². The van der Waals surface area contributed by atoms with Gasteiger partial charge < -0.3 is 48.9 Å². The number of primary amides is 1. The third kappa shape index (κ3) is 13.0. The molecule has 0 unspecified atom stereocenters. The number of hydrogen-bond acceptors (Lipinski definition) is 10. The van der Waals surface area contributed by atoms with Crippen LogP contribution in [0.4, 0.5) is 0 Å². The summed E-state index contributed by atoms with van der Waals surface area (Å²) >= 11 is 0. The van der Waals surface area contributed by atoms with Crippen molar-refractivity contribution < 1.29 is 38.7 Å². The molecule has 0 aliphatic carbocycles. The smallest absolute Gasteiger partial charge is 0.305 e. The predicted molar refractivity (Wildman–Crippen MR) is 152 cm³/mol. The van der Waals surface area contributed by atoms with E-state index in [0.29, 0.717) is 0 Å². The normalized spacial score (nSPS) is 24.4. The van der Waals surface area contributed by atoms with Crippen molar-refractivity contribution in [3.8, 4) is 0 Å². The quantitative estimate of drug-likeness (QED) is 0.0548. The van der Waals surface area contributed by atoms with Crippen molar-refractivity contribution in [3.05, 3.63) is 0 Å². The lowest BCUT2D eigenvalue weighted by molar-refractivity contribution is -0.141. The molecular formula is C22H37N9O8S2. The molecule has 0 radical (unpaired) electrons. The maximum Gasteiger partial charge on any atom is 0.305 e. The minimum atomic E-state index is -1.58. The molecule has 1 aliphatic heterocycles. The molecule has 1 saturated heterocycles. The number of aliphatic imine (C=N–C) groups is 1. The van der Waals surface area contributed by atoms with Gasteiger partial charge in [0.05, 0.1) is 13.0 Å². The molecule has 0 aromatic carbocycles. The van der Waals surface area contributed by atoms with Gasteiger partial charge in [-0.3, -0.25) is 38.6 Å². The van der Waals surface area contributed by atoms with Gasteiger partial charge in [0.15, 0.2) is 5.96 Å². The van der Waals surface area contributed by atoms with Gasteiger partial charge in [0, 0.05) is 24.0 Å². The van der Waals surface area contributed by atoms with Gasteiger partial charge in [-0.1, -0.05) is 21.6 Å². The third-order valence-electron chi connectivity index (χ3n) is 5.51. The highest BCUT2D eigenvalue weighted by atomic mass is 33.1. The van der Waals surface area contributed by atoms with Crippen LogP contribution in [0.1, 0.15) is 40.0 Å². The molecule has 41 heavy (non-hydrogen) atoms. The number of amides is 6. The van der Waals surface area contributed by atoms with Gasteiger partial charge in [0.25, 0.3) is 0 Å². The molecular weight excluding hydrogens is 582 g/mol. The van der Waals surface area contributed by atoms with E-state index in [0.717, 1.165) is 21.6 Å². The van der Waals surface area contributed by atoms with Gasteiger partial charge in [-0.15, -0.1) is 0 Å². The van der Waals surface area contributed by atoms with E-state index in [1.165, 1.54) is 6.92 Å².